The number of rotatable bonds is 2. The minimum Gasteiger partial charge on any atom is -0.399 e. The molecule has 0 aliphatic carbocycles. The Morgan fingerprint density at radius 1 is 0.415 bits per heavy atom. The van der Waals surface area contributed by atoms with Gasteiger partial charge in [-0.05, 0) is 104 Å². The SMILES string of the molecule is CC1(C)OB(c2ccc3c(c2)c2ccc(-c4ccccc4)cc2c2c4ccccc4c4ccccc4c32)OC1(C)C. The largest absolute Gasteiger partial charge is 0.494 e. The van der Waals surface area contributed by atoms with E-state index in [-0.39, 0.29) is 0 Å². The van der Waals surface area contributed by atoms with Gasteiger partial charge in [0, 0.05) is 0 Å². The lowest BCUT2D eigenvalue weighted by Gasteiger charge is -2.32. The molecule has 198 valence electrons. The highest BCUT2D eigenvalue weighted by Crippen LogP contribution is 2.45. The Bertz CT molecular complexity index is 2150. The van der Waals surface area contributed by atoms with E-state index >= 15 is 0 Å². The molecule has 0 saturated carbocycles. The summed E-state index contributed by atoms with van der Waals surface area (Å²) in [6.07, 6.45) is 0. The Hall–Kier alpha value is -4.18. The molecule has 2 nitrogen and oxygen atoms in total. The van der Waals surface area contributed by atoms with Gasteiger partial charge in [0.05, 0.1) is 11.2 Å². The van der Waals surface area contributed by atoms with Crippen molar-refractivity contribution < 1.29 is 9.31 Å². The second kappa shape index (κ2) is 8.66. The zero-order chi connectivity index (χ0) is 27.9. The molecule has 3 heteroatoms. The summed E-state index contributed by atoms with van der Waals surface area (Å²) < 4.78 is 13.0. The second-order valence-corrected chi connectivity index (χ2v) is 12.4. The number of hydrogen-bond donors (Lipinski definition) is 0. The van der Waals surface area contributed by atoms with Crippen LogP contribution in [-0.4, -0.2) is 18.3 Å². The van der Waals surface area contributed by atoms with Crippen molar-refractivity contribution in [2.24, 2.45) is 0 Å². The molecule has 0 aromatic heterocycles. The Kier molecular flexibility index (Phi) is 5.20. The van der Waals surface area contributed by atoms with E-state index in [1.165, 1.54) is 65.0 Å². The van der Waals surface area contributed by atoms with Gasteiger partial charge in [-0.25, -0.2) is 0 Å². The maximum atomic E-state index is 6.48. The zero-order valence-electron chi connectivity index (χ0n) is 23.9. The van der Waals surface area contributed by atoms with E-state index in [0.717, 1.165) is 5.46 Å². The Morgan fingerprint density at radius 2 is 0.902 bits per heavy atom. The molecule has 7 aromatic carbocycles. The molecule has 1 saturated heterocycles. The average Bonchev–Trinajstić information content (AvgIpc) is 3.23. The van der Waals surface area contributed by atoms with Crippen LogP contribution in [-0.2, 0) is 9.31 Å². The summed E-state index contributed by atoms with van der Waals surface area (Å²) in [5, 5.41) is 12.7. The molecule has 1 aliphatic heterocycles. The van der Waals surface area contributed by atoms with Crippen LogP contribution in [0.25, 0.3) is 65.0 Å². The van der Waals surface area contributed by atoms with Crippen molar-refractivity contribution in [2.75, 3.05) is 0 Å². The van der Waals surface area contributed by atoms with Crippen molar-refractivity contribution in [2.45, 2.75) is 38.9 Å². The van der Waals surface area contributed by atoms with Crippen molar-refractivity contribution in [3.63, 3.8) is 0 Å². The van der Waals surface area contributed by atoms with E-state index in [9.17, 15) is 0 Å². The maximum absolute atomic E-state index is 6.48. The molecule has 0 atom stereocenters. The lowest BCUT2D eigenvalue weighted by molar-refractivity contribution is 0.00578. The first kappa shape index (κ1) is 24.6. The fourth-order valence-corrected chi connectivity index (χ4v) is 6.63. The molecule has 0 N–H and O–H groups in total. The van der Waals surface area contributed by atoms with Gasteiger partial charge in [0.25, 0.3) is 0 Å². The third-order valence-electron chi connectivity index (χ3n) is 9.46. The van der Waals surface area contributed by atoms with Crippen LogP contribution in [0.4, 0.5) is 0 Å². The van der Waals surface area contributed by atoms with Crippen LogP contribution in [0.5, 0.6) is 0 Å². The van der Waals surface area contributed by atoms with Gasteiger partial charge in [0.1, 0.15) is 0 Å². The summed E-state index contributed by atoms with van der Waals surface area (Å²) in [5.74, 6) is 0. The molecule has 0 amide bonds. The van der Waals surface area contributed by atoms with Gasteiger partial charge in [-0.2, -0.15) is 0 Å². The van der Waals surface area contributed by atoms with Crippen molar-refractivity contribution >= 4 is 66.4 Å². The van der Waals surface area contributed by atoms with E-state index in [0.29, 0.717) is 0 Å². The van der Waals surface area contributed by atoms with Crippen molar-refractivity contribution in [1.29, 1.82) is 0 Å². The van der Waals surface area contributed by atoms with Crippen molar-refractivity contribution in [3.8, 4) is 11.1 Å². The molecule has 0 unspecified atom stereocenters. The lowest BCUT2D eigenvalue weighted by atomic mass is 9.77. The first-order valence-electron chi connectivity index (χ1n) is 14.5. The van der Waals surface area contributed by atoms with Gasteiger partial charge in [-0.3, -0.25) is 0 Å². The Morgan fingerprint density at radius 3 is 1.54 bits per heavy atom. The maximum Gasteiger partial charge on any atom is 0.494 e. The molecule has 8 rings (SSSR count). The highest BCUT2D eigenvalue weighted by Gasteiger charge is 2.51. The summed E-state index contributed by atoms with van der Waals surface area (Å²) in [6, 6.07) is 42.1. The van der Waals surface area contributed by atoms with Crippen LogP contribution in [0.2, 0.25) is 0 Å². The summed E-state index contributed by atoms with van der Waals surface area (Å²) in [7, 11) is -0.410. The second-order valence-electron chi connectivity index (χ2n) is 12.4. The minimum absolute atomic E-state index is 0.391. The average molecular weight is 530 g/mol. The number of benzene rings is 7. The zero-order valence-corrected chi connectivity index (χ0v) is 23.9. The Balaban J connectivity index is 1.53. The van der Waals surface area contributed by atoms with Gasteiger partial charge in [-0.15, -0.1) is 0 Å². The molecule has 1 fully saturated rings. The van der Waals surface area contributed by atoms with E-state index in [1.54, 1.807) is 0 Å². The normalized spacial score (nSPS) is 16.4. The van der Waals surface area contributed by atoms with Crippen LogP contribution in [0, 0.1) is 0 Å². The standard InChI is InChI=1S/C38H31BO2/c1-37(2)38(3,4)41-39(40-37)26-19-21-32-33(23-26)29-20-18-25(24-12-6-5-7-13-24)22-34(29)36-31-17-11-9-15-28(31)27-14-8-10-16-30(27)35(32)36/h5-23H,1-4H3. The van der Waals surface area contributed by atoms with Crippen LogP contribution < -0.4 is 5.46 Å². The molecule has 0 spiro atoms. The predicted molar refractivity (Wildman–Crippen MR) is 175 cm³/mol. The van der Waals surface area contributed by atoms with E-state index in [2.05, 4.69) is 143 Å². The van der Waals surface area contributed by atoms with Crippen LogP contribution in [0.1, 0.15) is 27.7 Å². The smallest absolute Gasteiger partial charge is 0.399 e. The number of hydrogen-bond acceptors (Lipinski definition) is 2. The minimum atomic E-state index is -0.410. The third-order valence-corrected chi connectivity index (χ3v) is 9.46. The summed E-state index contributed by atoms with van der Waals surface area (Å²) in [4.78, 5) is 0. The first-order chi connectivity index (χ1) is 19.8. The van der Waals surface area contributed by atoms with E-state index in [1.807, 2.05) is 0 Å². The summed E-state index contributed by atoms with van der Waals surface area (Å²) >= 11 is 0. The molecule has 0 radical (unpaired) electrons. The van der Waals surface area contributed by atoms with E-state index < -0.39 is 18.3 Å². The summed E-state index contributed by atoms with van der Waals surface area (Å²) in [6.45, 7) is 8.44. The molecular formula is C38H31BO2. The van der Waals surface area contributed by atoms with Crippen LogP contribution in [0.15, 0.2) is 115 Å². The van der Waals surface area contributed by atoms with E-state index in [4.69, 9.17) is 9.31 Å². The quantitative estimate of drug-likeness (QED) is 0.164. The molecule has 1 heterocycles. The molecule has 1 aliphatic rings. The molecule has 0 bridgehead atoms. The molecular weight excluding hydrogens is 499 g/mol. The van der Waals surface area contributed by atoms with Crippen molar-refractivity contribution in [1.82, 2.24) is 0 Å². The highest BCUT2D eigenvalue weighted by molar-refractivity contribution is 6.62. The fourth-order valence-electron chi connectivity index (χ4n) is 6.63. The lowest BCUT2D eigenvalue weighted by Crippen LogP contribution is -2.41. The van der Waals surface area contributed by atoms with Gasteiger partial charge in [-0.1, -0.05) is 109 Å². The third kappa shape index (κ3) is 3.59. The van der Waals surface area contributed by atoms with Gasteiger partial charge in [0.15, 0.2) is 0 Å². The summed E-state index contributed by atoms with van der Waals surface area (Å²) in [5.41, 5.74) is 2.71. The topological polar surface area (TPSA) is 18.5 Å². The Labute approximate surface area is 240 Å². The van der Waals surface area contributed by atoms with Crippen LogP contribution >= 0.6 is 0 Å². The van der Waals surface area contributed by atoms with Gasteiger partial charge >= 0.3 is 7.12 Å². The van der Waals surface area contributed by atoms with Crippen LogP contribution in [0.3, 0.4) is 0 Å². The monoisotopic (exact) mass is 530 g/mol. The molecule has 41 heavy (non-hydrogen) atoms. The predicted octanol–water partition coefficient (Wildman–Crippen LogP) is 9.42. The molecule has 7 aromatic rings. The van der Waals surface area contributed by atoms with Gasteiger partial charge in [0.2, 0.25) is 0 Å². The fraction of sp³-hybridized carbons (Fsp3) is 0.158. The number of fused-ring (bicyclic) bond motifs is 11. The van der Waals surface area contributed by atoms with Gasteiger partial charge < -0.3 is 9.31 Å². The highest BCUT2D eigenvalue weighted by atomic mass is 16.7. The first-order valence-corrected chi connectivity index (χ1v) is 14.5. The van der Waals surface area contributed by atoms with Crippen molar-refractivity contribution in [3.05, 3.63) is 115 Å².